The number of hydrogen-bond donors (Lipinski definition) is 0. The van der Waals surface area contributed by atoms with E-state index in [0.29, 0.717) is 0 Å². The third-order valence-corrected chi connectivity index (χ3v) is 4.29. The first-order valence-electron chi connectivity index (χ1n) is 9.45. The molecule has 0 saturated heterocycles. The minimum absolute atomic E-state index is 0.0988. The highest BCUT2D eigenvalue weighted by atomic mass is 16.5. The maximum atomic E-state index is 11.9. The van der Waals surface area contributed by atoms with E-state index in [1.165, 1.54) is 31.8 Å². The Morgan fingerprint density at radius 2 is 1.77 bits per heavy atom. The SMILES string of the molecule is CCCCCCCc1cnc(OC(=O)C=CC(C)c2ccccc2)nc1. The van der Waals surface area contributed by atoms with Crippen molar-refractivity contribution >= 4 is 5.97 Å². The molecule has 1 atom stereocenters. The molecule has 26 heavy (non-hydrogen) atoms. The van der Waals surface area contributed by atoms with Crippen molar-refractivity contribution in [2.45, 2.75) is 58.3 Å². The number of unbranched alkanes of at least 4 members (excludes halogenated alkanes) is 4. The van der Waals surface area contributed by atoms with Crippen LogP contribution in [0.5, 0.6) is 6.01 Å². The molecule has 0 aliphatic heterocycles. The van der Waals surface area contributed by atoms with E-state index in [2.05, 4.69) is 16.9 Å². The van der Waals surface area contributed by atoms with Crippen LogP contribution in [0.15, 0.2) is 54.9 Å². The number of aryl methyl sites for hydroxylation is 1. The van der Waals surface area contributed by atoms with E-state index in [1.807, 2.05) is 43.3 Å². The number of aromatic nitrogens is 2. The molecule has 1 aromatic carbocycles. The Hall–Kier alpha value is -2.49. The van der Waals surface area contributed by atoms with Crippen molar-refractivity contribution in [1.82, 2.24) is 9.97 Å². The van der Waals surface area contributed by atoms with Crippen molar-refractivity contribution in [3.63, 3.8) is 0 Å². The summed E-state index contributed by atoms with van der Waals surface area (Å²) in [4.78, 5) is 20.2. The lowest BCUT2D eigenvalue weighted by atomic mass is 10.0. The van der Waals surface area contributed by atoms with Gasteiger partial charge in [0.2, 0.25) is 0 Å². The molecule has 2 rings (SSSR count). The Bertz CT molecular complexity index is 681. The number of esters is 1. The summed E-state index contributed by atoms with van der Waals surface area (Å²) < 4.78 is 5.17. The van der Waals surface area contributed by atoms with Crippen LogP contribution in [0.2, 0.25) is 0 Å². The lowest BCUT2D eigenvalue weighted by molar-refractivity contribution is -0.129. The standard InChI is InChI=1S/C22H28N2O2/c1-3-4-5-6-8-11-19-16-23-22(24-17-19)26-21(25)15-14-18(2)20-12-9-7-10-13-20/h7,9-10,12-18H,3-6,8,11H2,1-2H3. The van der Waals surface area contributed by atoms with Gasteiger partial charge in [-0.05, 0) is 29.9 Å². The van der Waals surface area contributed by atoms with Crippen molar-refractivity contribution in [2.24, 2.45) is 0 Å². The number of carbonyl (C=O) groups excluding carboxylic acids is 1. The molecule has 0 aliphatic carbocycles. The van der Waals surface area contributed by atoms with Gasteiger partial charge in [-0.15, -0.1) is 0 Å². The van der Waals surface area contributed by atoms with Gasteiger partial charge in [0.05, 0.1) is 0 Å². The molecular weight excluding hydrogens is 324 g/mol. The third kappa shape index (κ3) is 7.18. The van der Waals surface area contributed by atoms with Crippen molar-refractivity contribution in [1.29, 1.82) is 0 Å². The van der Waals surface area contributed by atoms with Gasteiger partial charge in [-0.25, -0.2) is 14.8 Å². The van der Waals surface area contributed by atoms with Gasteiger partial charge >= 0.3 is 12.0 Å². The van der Waals surface area contributed by atoms with E-state index in [9.17, 15) is 4.79 Å². The van der Waals surface area contributed by atoms with Crippen molar-refractivity contribution in [3.8, 4) is 6.01 Å². The van der Waals surface area contributed by atoms with Crippen molar-refractivity contribution < 1.29 is 9.53 Å². The van der Waals surface area contributed by atoms with Crippen LogP contribution in [-0.2, 0) is 11.2 Å². The van der Waals surface area contributed by atoms with E-state index in [1.54, 1.807) is 12.4 Å². The zero-order valence-electron chi connectivity index (χ0n) is 15.7. The Kier molecular flexibility index (Phi) is 8.53. The van der Waals surface area contributed by atoms with Crippen LogP contribution in [0.4, 0.5) is 0 Å². The number of benzene rings is 1. The molecule has 0 radical (unpaired) electrons. The molecule has 0 spiro atoms. The largest absolute Gasteiger partial charge is 0.388 e. The maximum Gasteiger partial charge on any atom is 0.338 e. The van der Waals surface area contributed by atoms with Crippen LogP contribution >= 0.6 is 0 Å². The number of hydrogen-bond acceptors (Lipinski definition) is 4. The van der Waals surface area contributed by atoms with Gasteiger partial charge in [0.15, 0.2) is 0 Å². The predicted molar refractivity (Wildman–Crippen MR) is 104 cm³/mol. The van der Waals surface area contributed by atoms with Crippen LogP contribution in [0, 0.1) is 0 Å². The van der Waals surface area contributed by atoms with Gasteiger partial charge in [-0.1, -0.05) is 75.9 Å². The second-order valence-electron chi connectivity index (χ2n) is 6.52. The lowest BCUT2D eigenvalue weighted by Gasteiger charge is -2.05. The fourth-order valence-corrected chi connectivity index (χ4v) is 2.67. The molecule has 0 amide bonds. The Morgan fingerprint density at radius 3 is 2.46 bits per heavy atom. The molecule has 2 aromatic rings. The van der Waals surface area contributed by atoms with Gasteiger partial charge in [-0.2, -0.15) is 0 Å². The first kappa shape index (κ1) is 19.8. The molecule has 1 heterocycles. The molecule has 4 heteroatoms. The van der Waals surface area contributed by atoms with Gasteiger partial charge in [-0.3, -0.25) is 0 Å². The first-order valence-corrected chi connectivity index (χ1v) is 9.45. The molecule has 0 bridgehead atoms. The number of allylic oxidation sites excluding steroid dienone is 1. The van der Waals surface area contributed by atoms with Gasteiger partial charge in [0, 0.05) is 18.5 Å². The summed E-state index contributed by atoms with van der Waals surface area (Å²) in [6, 6.07) is 10.1. The van der Waals surface area contributed by atoms with Crippen molar-refractivity contribution in [2.75, 3.05) is 0 Å². The number of nitrogens with zero attached hydrogens (tertiary/aromatic N) is 2. The molecule has 1 unspecified atom stereocenters. The van der Waals surface area contributed by atoms with Crippen LogP contribution in [0.1, 0.15) is 63.0 Å². The highest BCUT2D eigenvalue weighted by Crippen LogP contribution is 2.16. The molecule has 0 aliphatic rings. The summed E-state index contributed by atoms with van der Waals surface area (Å²) in [7, 11) is 0. The fourth-order valence-electron chi connectivity index (χ4n) is 2.67. The van der Waals surface area contributed by atoms with Gasteiger partial charge in [0.25, 0.3) is 0 Å². The number of carbonyl (C=O) groups is 1. The smallest absolute Gasteiger partial charge is 0.338 e. The lowest BCUT2D eigenvalue weighted by Crippen LogP contribution is -2.07. The zero-order valence-corrected chi connectivity index (χ0v) is 15.7. The molecule has 1 aromatic heterocycles. The highest BCUT2D eigenvalue weighted by molar-refractivity contribution is 5.83. The minimum atomic E-state index is -0.458. The average Bonchev–Trinajstić information content (AvgIpc) is 2.68. The quantitative estimate of drug-likeness (QED) is 0.333. The summed E-state index contributed by atoms with van der Waals surface area (Å²) in [5.41, 5.74) is 2.23. The normalized spacial score (nSPS) is 12.2. The molecule has 0 saturated carbocycles. The van der Waals surface area contributed by atoms with Gasteiger partial charge < -0.3 is 4.74 Å². The second kappa shape index (κ2) is 11.2. The highest BCUT2D eigenvalue weighted by Gasteiger charge is 2.06. The van der Waals surface area contributed by atoms with E-state index < -0.39 is 5.97 Å². The van der Waals surface area contributed by atoms with Gasteiger partial charge in [0.1, 0.15) is 0 Å². The molecule has 0 N–H and O–H groups in total. The van der Waals surface area contributed by atoms with Crippen LogP contribution in [-0.4, -0.2) is 15.9 Å². The maximum absolute atomic E-state index is 11.9. The molecule has 0 fully saturated rings. The van der Waals surface area contributed by atoms with E-state index in [-0.39, 0.29) is 11.9 Å². The summed E-state index contributed by atoms with van der Waals surface area (Å²) >= 11 is 0. The Morgan fingerprint density at radius 1 is 1.08 bits per heavy atom. The Balaban J connectivity index is 1.77. The molecule has 4 nitrogen and oxygen atoms in total. The van der Waals surface area contributed by atoms with Crippen LogP contribution in [0.25, 0.3) is 0 Å². The second-order valence-corrected chi connectivity index (χ2v) is 6.52. The summed E-state index contributed by atoms with van der Waals surface area (Å²) in [6.07, 6.45) is 13.9. The zero-order chi connectivity index (χ0) is 18.6. The average molecular weight is 352 g/mol. The summed E-state index contributed by atoms with van der Waals surface area (Å²) in [5, 5.41) is 0. The fraction of sp³-hybridized carbons (Fsp3) is 0.409. The number of rotatable bonds is 10. The van der Waals surface area contributed by atoms with E-state index in [0.717, 1.165) is 24.0 Å². The van der Waals surface area contributed by atoms with E-state index >= 15 is 0 Å². The molecular formula is C22H28N2O2. The number of ether oxygens (including phenoxy) is 1. The summed E-state index contributed by atoms with van der Waals surface area (Å²) in [5.74, 6) is -0.320. The van der Waals surface area contributed by atoms with E-state index in [4.69, 9.17) is 4.74 Å². The minimum Gasteiger partial charge on any atom is -0.388 e. The molecule has 138 valence electrons. The predicted octanol–water partition coefficient (Wildman–Crippen LogP) is 5.25. The van der Waals surface area contributed by atoms with Crippen LogP contribution < -0.4 is 4.74 Å². The van der Waals surface area contributed by atoms with Crippen LogP contribution in [0.3, 0.4) is 0 Å². The van der Waals surface area contributed by atoms with Crippen molar-refractivity contribution in [3.05, 3.63) is 66.0 Å². The third-order valence-electron chi connectivity index (χ3n) is 4.29. The topological polar surface area (TPSA) is 52.1 Å². The summed E-state index contributed by atoms with van der Waals surface area (Å²) in [6.45, 7) is 4.25. The Labute approximate surface area is 156 Å². The first-order chi connectivity index (χ1) is 12.7. The monoisotopic (exact) mass is 352 g/mol.